The molecule has 0 unspecified atom stereocenters. The first kappa shape index (κ1) is 16.2. The molecule has 0 aliphatic heterocycles. The van der Waals surface area contributed by atoms with Crippen LogP contribution in [0.1, 0.15) is 23.8 Å². The molecule has 0 aliphatic rings. The van der Waals surface area contributed by atoms with Crippen LogP contribution >= 0.6 is 0 Å². The van der Waals surface area contributed by atoms with Gasteiger partial charge in [0.1, 0.15) is 11.4 Å². The first-order valence-corrected chi connectivity index (χ1v) is 7.03. The van der Waals surface area contributed by atoms with Crippen LogP contribution in [0.4, 0.5) is 8.78 Å². The van der Waals surface area contributed by atoms with E-state index in [4.69, 9.17) is 5.11 Å². The van der Waals surface area contributed by atoms with Gasteiger partial charge < -0.3 is 19.7 Å². The zero-order valence-electron chi connectivity index (χ0n) is 12.2. The lowest BCUT2D eigenvalue weighted by atomic mass is 10.2. The number of aliphatic hydroxyl groups is 1. The van der Waals surface area contributed by atoms with Crippen LogP contribution in [0.25, 0.3) is 10.9 Å². The Labute approximate surface area is 126 Å². The lowest BCUT2D eigenvalue weighted by Crippen LogP contribution is -2.34. The van der Waals surface area contributed by atoms with Gasteiger partial charge in [-0.05, 0) is 24.6 Å². The maximum Gasteiger partial charge on any atom is 0.387 e. The van der Waals surface area contributed by atoms with Crippen molar-refractivity contribution < 1.29 is 23.4 Å². The van der Waals surface area contributed by atoms with Crippen molar-refractivity contribution in [2.24, 2.45) is 0 Å². The largest absolute Gasteiger partial charge is 0.434 e. The van der Waals surface area contributed by atoms with E-state index in [-0.39, 0.29) is 30.5 Å². The number of amides is 1. The minimum atomic E-state index is -2.93. The van der Waals surface area contributed by atoms with Gasteiger partial charge in [0, 0.05) is 24.0 Å². The number of nitrogens with zero attached hydrogens (tertiary/aromatic N) is 1. The van der Waals surface area contributed by atoms with Crippen LogP contribution in [0, 0.1) is 0 Å². The van der Waals surface area contributed by atoms with Crippen molar-refractivity contribution in [2.75, 3.05) is 19.7 Å². The number of carbonyl (C=O) groups excluding carboxylic acids is 1. The second-order valence-corrected chi connectivity index (χ2v) is 4.79. The SMILES string of the molecule is CCCN(CCO)C(=O)c1cc2c(OC(F)F)cccc2[nH]1. The highest BCUT2D eigenvalue weighted by atomic mass is 19.3. The molecule has 5 nitrogen and oxygen atoms in total. The fourth-order valence-corrected chi connectivity index (χ4v) is 2.32. The summed E-state index contributed by atoms with van der Waals surface area (Å²) < 4.78 is 29.3. The molecule has 0 aliphatic carbocycles. The second-order valence-electron chi connectivity index (χ2n) is 4.79. The normalized spacial score (nSPS) is 11.1. The van der Waals surface area contributed by atoms with Gasteiger partial charge in [-0.3, -0.25) is 4.79 Å². The number of aromatic nitrogens is 1. The lowest BCUT2D eigenvalue weighted by molar-refractivity contribution is -0.0487. The Balaban J connectivity index is 2.33. The third-order valence-corrected chi connectivity index (χ3v) is 3.22. The summed E-state index contributed by atoms with van der Waals surface area (Å²) in [6, 6.07) is 6.17. The summed E-state index contributed by atoms with van der Waals surface area (Å²) in [4.78, 5) is 16.8. The molecule has 0 saturated heterocycles. The number of halogens is 2. The van der Waals surface area contributed by atoms with E-state index >= 15 is 0 Å². The number of hydrogen-bond donors (Lipinski definition) is 2. The summed E-state index contributed by atoms with van der Waals surface area (Å²) in [5.74, 6) is -0.262. The molecule has 1 heterocycles. The third-order valence-electron chi connectivity index (χ3n) is 3.22. The molecule has 2 N–H and O–H groups in total. The van der Waals surface area contributed by atoms with Crippen molar-refractivity contribution >= 4 is 16.8 Å². The molecule has 7 heteroatoms. The van der Waals surface area contributed by atoms with Crippen molar-refractivity contribution in [3.8, 4) is 5.75 Å². The van der Waals surface area contributed by atoms with Gasteiger partial charge in [0.25, 0.3) is 5.91 Å². The van der Waals surface area contributed by atoms with Crippen molar-refractivity contribution in [1.29, 1.82) is 0 Å². The van der Waals surface area contributed by atoms with Gasteiger partial charge in [0.2, 0.25) is 0 Å². The van der Waals surface area contributed by atoms with Crippen LogP contribution in [0.15, 0.2) is 24.3 Å². The van der Waals surface area contributed by atoms with E-state index in [2.05, 4.69) is 9.72 Å². The van der Waals surface area contributed by atoms with Gasteiger partial charge >= 0.3 is 6.61 Å². The van der Waals surface area contributed by atoms with Crippen molar-refractivity contribution in [2.45, 2.75) is 20.0 Å². The fourth-order valence-electron chi connectivity index (χ4n) is 2.32. The molecule has 0 saturated carbocycles. The second kappa shape index (κ2) is 7.22. The maximum atomic E-state index is 12.4. The monoisotopic (exact) mass is 312 g/mol. The number of aromatic amines is 1. The summed E-state index contributed by atoms with van der Waals surface area (Å²) >= 11 is 0. The van der Waals surface area contributed by atoms with Crippen LogP contribution in [0.2, 0.25) is 0 Å². The molecule has 0 atom stereocenters. The van der Waals surface area contributed by atoms with Gasteiger partial charge in [-0.25, -0.2) is 0 Å². The number of alkyl halides is 2. The minimum Gasteiger partial charge on any atom is -0.434 e. The Kier molecular flexibility index (Phi) is 5.32. The topological polar surface area (TPSA) is 65.6 Å². The minimum absolute atomic E-state index is 0.0204. The first-order chi connectivity index (χ1) is 10.6. The Bertz CT molecular complexity index is 637. The zero-order chi connectivity index (χ0) is 16.1. The molecule has 22 heavy (non-hydrogen) atoms. The van der Waals surface area contributed by atoms with E-state index in [1.807, 2.05) is 6.92 Å². The third kappa shape index (κ3) is 3.54. The van der Waals surface area contributed by atoms with Crippen molar-refractivity contribution in [3.05, 3.63) is 30.0 Å². The smallest absolute Gasteiger partial charge is 0.387 e. The predicted molar refractivity (Wildman–Crippen MR) is 78.2 cm³/mol. The van der Waals surface area contributed by atoms with Crippen molar-refractivity contribution in [1.82, 2.24) is 9.88 Å². The molecule has 0 radical (unpaired) electrons. The quantitative estimate of drug-likeness (QED) is 0.826. The molecule has 1 aromatic heterocycles. The Morgan fingerprint density at radius 3 is 2.82 bits per heavy atom. The van der Waals surface area contributed by atoms with Gasteiger partial charge in [-0.2, -0.15) is 8.78 Å². The number of H-pyrrole nitrogens is 1. The summed E-state index contributed by atoms with van der Waals surface area (Å²) in [5, 5.41) is 9.46. The standard InChI is InChI=1S/C15H18F2N2O3/c1-2-6-19(7-8-20)14(21)12-9-10-11(18-12)4-3-5-13(10)22-15(16)17/h3-5,9,15,18,20H,2,6-8H2,1H3. The summed E-state index contributed by atoms with van der Waals surface area (Å²) in [6.07, 6.45) is 0.756. The Hall–Kier alpha value is -2.15. The van der Waals surface area contributed by atoms with E-state index < -0.39 is 6.61 Å². The highest BCUT2D eigenvalue weighted by molar-refractivity contribution is 5.99. The zero-order valence-corrected chi connectivity index (χ0v) is 12.2. The molecular weight excluding hydrogens is 294 g/mol. The molecule has 0 spiro atoms. The van der Waals surface area contributed by atoms with Crippen LogP contribution in [0.3, 0.4) is 0 Å². The highest BCUT2D eigenvalue weighted by Crippen LogP contribution is 2.28. The number of benzene rings is 1. The molecule has 1 amide bonds. The van der Waals surface area contributed by atoms with Crippen molar-refractivity contribution in [3.63, 3.8) is 0 Å². The van der Waals surface area contributed by atoms with E-state index in [0.29, 0.717) is 17.4 Å². The number of fused-ring (bicyclic) bond motifs is 1. The number of carbonyl (C=O) groups is 1. The average molecular weight is 312 g/mol. The summed E-state index contributed by atoms with van der Waals surface area (Å²) in [7, 11) is 0. The first-order valence-electron chi connectivity index (χ1n) is 7.03. The maximum absolute atomic E-state index is 12.4. The summed E-state index contributed by atoms with van der Waals surface area (Å²) in [6.45, 7) is -0.397. The van der Waals surface area contributed by atoms with Gasteiger partial charge in [0.15, 0.2) is 0 Å². The van der Waals surface area contributed by atoms with Crippen LogP contribution in [0.5, 0.6) is 5.75 Å². The van der Waals surface area contributed by atoms with Gasteiger partial charge in [-0.15, -0.1) is 0 Å². The Morgan fingerprint density at radius 2 is 2.18 bits per heavy atom. The molecular formula is C15H18F2N2O3. The molecule has 2 aromatic rings. The van der Waals surface area contributed by atoms with E-state index in [9.17, 15) is 13.6 Å². The number of rotatable bonds is 7. The van der Waals surface area contributed by atoms with Crippen LogP contribution < -0.4 is 4.74 Å². The van der Waals surface area contributed by atoms with Gasteiger partial charge in [0.05, 0.1) is 6.61 Å². The van der Waals surface area contributed by atoms with E-state index in [1.54, 1.807) is 12.1 Å². The lowest BCUT2D eigenvalue weighted by Gasteiger charge is -2.20. The Morgan fingerprint density at radius 1 is 1.41 bits per heavy atom. The van der Waals surface area contributed by atoms with Crippen LogP contribution in [-0.4, -0.2) is 47.2 Å². The molecule has 1 aromatic carbocycles. The van der Waals surface area contributed by atoms with E-state index in [0.717, 1.165) is 6.42 Å². The number of aliphatic hydroxyl groups excluding tert-OH is 1. The summed E-state index contributed by atoms with van der Waals surface area (Å²) in [5.41, 5.74) is 0.823. The van der Waals surface area contributed by atoms with E-state index in [1.165, 1.54) is 17.0 Å². The average Bonchev–Trinajstić information content (AvgIpc) is 2.91. The molecule has 0 bridgehead atoms. The molecule has 120 valence electrons. The molecule has 2 rings (SSSR count). The van der Waals surface area contributed by atoms with Crippen LogP contribution in [-0.2, 0) is 0 Å². The fraction of sp³-hybridized carbons (Fsp3) is 0.400. The number of ether oxygens (including phenoxy) is 1. The number of hydrogen-bond acceptors (Lipinski definition) is 3. The molecule has 0 fully saturated rings. The predicted octanol–water partition coefficient (Wildman–Crippen LogP) is 2.61. The highest BCUT2D eigenvalue weighted by Gasteiger charge is 2.18. The van der Waals surface area contributed by atoms with Gasteiger partial charge in [-0.1, -0.05) is 13.0 Å². The number of nitrogens with one attached hydrogen (secondary N) is 1.